The number of rotatable bonds is 1. The van der Waals surface area contributed by atoms with E-state index in [-0.39, 0.29) is 18.3 Å². The number of carbonyl (C=O) groups is 2. The zero-order valence-electron chi connectivity index (χ0n) is 16.1. The van der Waals surface area contributed by atoms with Crippen molar-refractivity contribution in [2.75, 3.05) is 0 Å². The van der Waals surface area contributed by atoms with E-state index in [2.05, 4.69) is 0 Å². The smallest absolute Gasteiger partial charge is 0.318 e. The minimum absolute atomic E-state index is 0.142. The molecule has 3 saturated heterocycles. The normalized spacial score (nSPS) is 57.6. The van der Waals surface area contributed by atoms with Crippen molar-refractivity contribution in [2.45, 2.75) is 76.3 Å². The maximum atomic E-state index is 13.0. The van der Waals surface area contributed by atoms with Gasteiger partial charge >= 0.3 is 5.97 Å². The van der Waals surface area contributed by atoms with Crippen LogP contribution < -0.4 is 0 Å². The molecule has 7 nitrogen and oxygen atoms in total. The number of esters is 1. The average Bonchev–Trinajstić information content (AvgIpc) is 2.82. The number of hydrogen-bond acceptors (Lipinski definition) is 7. The fourth-order valence-corrected chi connectivity index (χ4v) is 5.42. The highest BCUT2D eigenvalue weighted by Crippen LogP contribution is 2.66. The molecule has 3 fully saturated rings. The van der Waals surface area contributed by atoms with Crippen molar-refractivity contribution in [3.8, 4) is 0 Å². The van der Waals surface area contributed by atoms with E-state index in [1.165, 1.54) is 6.08 Å². The van der Waals surface area contributed by atoms with Crippen molar-refractivity contribution in [1.29, 1.82) is 0 Å². The highest BCUT2D eigenvalue weighted by molar-refractivity contribution is 6.00. The van der Waals surface area contributed by atoms with Crippen molar-refractivity contribution >= 4 is 11.8 Å². The van der Waals surface area contributed by atoms with Crippen LogP contribution in [0, 0.1) is 11.3 Å². The Labute approximate surface area is 157 Å². The highest BCUT2D eigenvalue weighted by atomic mass is 16.7. The third-order valence-electron chi connectivity index (χ3n) is 7.44. The molecule has 0 unspecified atom stereocenters. The van der Waals surface area contributed by atoms with Gasteiger partial charge in [0.2, 0.25) is 11.6 Å². The molecule has 0 aromatic heterocycles. The minimum atomic E-state index is -1.85. The molecule has 27 heavy (non-hydrogen) atoms. The minimum Gasteiger partial charge on any atom is -0.479 e. The largest absolute Gasteiger partial charge is 0.479 e. The topological polar surface area (TPSA) is 94.6 Å². The van der Waals surface area contributed by atoms with Gasteiger partial charge in [0.1, 0.15) is 22.9 Å². The summed E-state index contributed by atoms with van der Waals surface area (Å²) in [7, 11) is 0. The van der Waals surface area contributed by atoms with Crippen LogP contribution in [0.15, 0.2) is 23.5 Å². The second kappa shape index (κ2) is 4.64. The second-order valence-corrected chi connectivity index (χ2v) is 9.03. The molecule has 0 aromatic rings. The summed E-state index contributed by atoms with van der Waals surface area (Å²) in [6, 6.07) is 0. The molecule has 7 heteroatoms. The van der Waals surface area contributed by atoms with Gasteiger partial charge in [0, 0.05) is 18.4 Å². The Morgan fingerprint density at radius 2 is 1.85 bits per heavy atom. The first kappa shape index (κ1) is 17.4. The lowest BCUT2D eigenvalue weighted by atomic mass is 9.65. The third kappa shape index (κ3) is 1.78. The van der Waals surface area contributed by atoms with Crippen LogP contribution in [0.5, 0.6) is 0 Å². The summed E-state index contributed by atoms with van der Waals surface area (Å²) in [6.07, 6.45) is 2.06. The van der Waals surface area contributed by atoms with Gasteiger partial charge in [-0.25, -0.2) is 0 Å². The first-order valence-corrected chi connectivity index (χ1v) is 9.39. The molecule has 5 rings (SSSR count). The van der Waals surface area contributed by atoms with E-state index in [9.17, 15) is 14.7 Å². The first-order valence-electron chi connectivity index (χ1n) is 9.39. The van der Waals surface area contributed by atoms with Crippen LogP contribution in [-0.2, 0) is 28.5 Å². The number of epoxide rings is 1. The average molecular weight is 376 g/mol. The van der Waals surface area contributed by atoms with Gasteiger partial charge in [-0.2, -0.15) is 0 Å². The Kier molecular flexibility index (Phi) is 2.99. The van der Waals surface area contributed by atoms with E-state index >= 15 is 0 Å². The lowest BCUT2D eigenvalue weighted by Crippen LogP contribution is -2.58. The van der Waals surface area contributed by atoms with E-state index < -0.39 is 46.5 Å². The van der Waals surface area contributed by atoms with Gasteiger partial charge in [-0.3, -0.25) is 9.59 Å². The molecule has 0 saturated carbocycles. The number of ketones is 1. The van der Waals surface area contributed by atoms with Crippen LogP contribution in [0.2, 0.25) is 0 Å². The summed E-state index contributed by atoms with van der Waals surface area (Å²) in [6.45, 7) is 8.81. The Balaban J connectivity index is 1.68. The lowest BCUT2D eigenvalue weighted by molar-refractivity contribution is -0.271. The molecule has 0 radical (unpaired) electrons. The molecule has 0 amide bonds. The van der Waals surface area contributed by atoms with E-state index in [0.717, 1.165) is 5.57 Å². The molecule has 146 valence electrons. The number of fused-ring (bicyclic) bond motifs is 2. The van der Waals surface area contributed by atoms with Crippen LogP contribution in [0.25, 0.3) is 0 Å². The maximum Gasteiger partial charge on any atom is 0.318 e. The zero-order chi connectivity index (χ0) is 19.6. The molecule has 2 bridgehead atoms. The predicted octanol–water partition coefficient (Wildman–Crippen LogP) is 1.39. The lowest BCUT2D eigenvalue weighted by Gasteiger charge is -2.37. The van der Waals surface area contributed by atoms with Gasteiger partial charge in [-0.05, 0) is 46.3 Å². The van der Waals surface area contributed by atoms with Crippen molar-refractivity contribution in [3.63, 3.8) is 0 Å². The van der Waals surface area contributed by atoms with Gasteiger partial charge in [-0.15, -0.1) is 0 Å². The summed E-state index contributed by atoms with van der Waals surface area (Å²) < 4.78 is 23.5. The predicted molar refractivity (Wildman–Crippen MR) is 91.2 cm³/mol. The van der Waals surface area contributed by atoms with Crippen LogP contribution in [0.4, 0.5) is 0 Å². The fraction of sp³-hybridized carbons (Fsp3) is 0.700. The van der Waals surface area contributed by atoms with Crippen LogP contribution in [0.3, 0.4) is 0 Å². The first-order chi connectivity index (χ1) is 12.5. The number of allylic oxidation sites excluding steroid dienone is 1. The molecule has 0 aromatic carbocycles. The van der Waals surface area contributed by atoms with Crippen molar-refractivity contribution in [3.05, 3.63) is 23.5 Å². The Morgan fingerprint density at radius 3 is 2.48 bits per heavy atom. The summed E-state index contributed by atoms with van der Waals surface area (Å²) in [5.74, 6) is -2.46. The summed E-state index contributed by atoms with van der Waals surface area (Å²) in [4.78, 5) is 25.6. The van der Waals surface area contributed by atoms with Crippen molar-refractivity contribution < 1.29 is 33.6 Å². The van der Waals surface area contributed by atoms with E-state index in [0.29, 0.717) is 5.76 Å². The fourth-order valence-electron chi connectivity index (χ4n) is 5.42. The molecule has 5 aliphatic heterocycles. The maximum absolute atomic E-state index is 13.0. The number of hydrogen-bond donors (Lipinski definition) is 1. The Hall–Kier alpha value is -1.70. The van der Waals surface area contributed by atoms with Gasteiger partial charge in [0.25, 0.3) is 0 Å². The second-order valence-electron chi connectivity index (χ2n) is 9.03. The molecular formula is C20H24O7. The van der Waals surface area contributed by atoms with Gasteiger partial charge in [0.15, 0.2) is 5.60 Å². The highest BCUT2D eigenvalue weighted by Gasteiger charge is 2.83. The molecule has 1 N–H and O–H groups in total. The Morgan fingerprint density at radius 1 is 1.19 bits per heavy atom. The quantitative estimate of drug-likeness (QED) is 0.546. The third-order valence-corrected chi connectivity index (χ3v) is 7.44. The Bertz CT molecular complexity index is 845. The SMILES string of the molecule is C/C1=C/[C@H]2OC(=O)[C@@]3(C)[C@@H]2[C@H](C[C@@]2(C)OC1=CC2=O)O[C@]3(O)[C@]1(C)O[C@H]1C. The number of ether oxygens (including phenoxy) is 4. The molecule has 8 atom stereocenters. The van der Waals surface area contributed by atoms with Crippen LogP contribution in [0.1, 0.15) is 41.0 Å². The van der Waals surface area contributed by atoms with Gasteiger partial charge in [-0.1, -0.05) is 0 Å². The van der Waals surface area contributed by atoms with E-state index in [1.807, 2.05) is 13.8 Å². The molecule has 0 spiro atoms. The number of aliphatic hydroxyl groups is 1. The summed E-state index contributed by atoms with van der Waals surface area (Å²) in [5, 5.41) is 11.6. The van der Waals surface area contributed by atoms with E-state index in [1.54, 1.807) is 26.8 Å². The van der Waals surface area contributed by atoms with Crippen molar-refractivity contribution in [1.82, 2.24) is 0 Å². The van der Waals surface area contributed by atoms with Crippen LogP contribution >= 0.6 is 0 Å². The van der Waals surface area contributed by atoms with Gasteiger partial charge in [0.05, 0.1) is 12.2 Å². The summed E-state index contributed by atoms with van der Waals surface area (Å²) >= 11 is 0. The van der Waals surface area contributed by atoms with Crippen molar-refractivity contribution in [2.24, 2.45) is 11.3 Å². The standard InChI is InChI=1S/C20H24O7/c1-9-6-12-15-13(8-17(3)14(21)7-11(9)26-17)27-20(23,19(5)10(2)25-19)18(15,4)16(22)24-12/h6-7,10,12-13,15,23H,8H2,1-5H3/b9-6-/t10-,12+,13-,15-,17+,18+,19+,20-/m0/s1. The monoisotopic (exact) mass is 376 g/mol. The molecule has 5 heterocycles. The van der Waals surface area contributed by atoms with Gasteiger partial charge < -0.3 is 24.1 Å². The van der Waals surface area contributed by atoms with Crippen LogP contribution in [-0.4, -0.2) is 52.2 Å². The molecule has 0 aliphatic carbocycles. The molecular weight excluding hydrogens is 352 g/mol. The zero-order valence-corrected chi connectivity index (χ0v) is 16.1. The molecule has 5 aliphatic rings. The summed E-state index contributed by atoms with van der Waals surface area (Å²) in [5.41, 5.74) is -2.70. The van der Waals surface area contributed by atoms with E-state index in [4.69, 9.17) is 18.9 Å². The number of carbonyl (C=O) groups excluding carboxylic acids is 2.